The number of carbonyl (C=O) groups is 1. The van der Waals surface area contributed by atoms with Crippen LogP contribution < -0.4 is 0 Å². The maximum atomic E-state index is 10.4. The fraction of sp³-hybridized carbons (Fsp3) is 0.222. The summed E-state index contributed by atoms with van der Waals surface area (Å²) in [6.07, 6.45) is 0.513. The van der Waals surface area contributed by atoms with E-state index >= 15 is 0 Å². The molecule has 0 aliphatic rings. The maximum absolute atomic E-state index is 10.4. The van der Waals surface area contributed by atoms with Crippen LogP contribution in [0.1, 0.15) is 11.7 Å². The Hall–Kier alpha value is -1.00. The van der Waals surface area contributed by atoms with Crippen LogP contribution in [0.5, 0.6) is 0 Å². The quantitative estimate of drug-likeness (QED) is 0.723. The van der Waals surface area contributed by atoms with E-state index in [0.717, 1.165) is 4.90 Å². The standard InChI is InChI=1S/C9H10O3S/c1-13-7-4-2-6(3-5-7)8(10)9(11)12/h2-5,8,10H,1H3,(H,11,12)/t8-/m0/s1. The number of carboxylic acids is 1. The Labute approximate surface area is 80.4 Å². The summed E-state index contributed by atoms with van der Waals surface area (Å²) in [6.45, 7) is 0. The van der Waals surface area contributed by atoms with Crippen LogP contribution in [-0.2, 0) is 4.79 Å². The lowest BCUT2D eigenvalue weighted by Gasteiger charge is -2.05. The lowest BCUT2D eigenvalue weighted by atomic mass is 10.1. The van der Waals surface area contributed by atoms with Gasteiger partial charge >= 0.3 is 5.97 Å². The lowest BCUT2D eigenvalue weighted by molar-refractivity contribution is -0.146. The van der Waals surface area contributed by atoms with Crippen LogP contribution in [0.15, 0.2) is 29.2 Å². The van der Waals surface area contributed by atoms with Crippen LogP contribution in [-0.4, -0.2) is 22.4 Å². The van der Waals surface area contributed by atoms with Crippen molar-refractivity contribution < 1.29 is 15.0 Å². The summed E-state index contributed by atoms with van der Waals surface area (Å²) in [5.74, 6) is -1.23. The third-order valence-electron chi connectivity index (χ3n) is 1.67. The molecule has 4 heteroatoms. The number of aliphatic hydroxyl groups excluding tert-OH is 1. The summed E-state index contributed by atoms with van der Waals surface area (Å²) < 4.78 is 0. The van der Waals surface area contributed by atoms with Crippen LogP contribution in [0.3, 0.4) is 0 Å². The molecule has 0 amide bonds. The number of carboxylic acid groups (broad SMARTS) is 1. The summed E-state index contributed by atoms with van der Waals surface area (Å²) in [4.78, 5) is 11.4. The van der Waals surface area contributed by atoms with Gasteiger partial charge in [0.2, 0.25) is 0 Å². The molecule has 0 unspecified atom stereocenters. The number of rotatable bonds is 3. The van der Waals surface area contributed by atoms with Gasteiger partial charge in [0, 0.05) is 4.90 Å². The highest BCUT2D eigenvalue weighted by atomic mass is 32.2. The first kappa shape index (κ1) is 10.1. The number of hydrogen-bond acceptors (Lipinski definition) is 3. The highest BCUT2D eigenvalue weighted by Gasteiger charge is 2.14. The molecule has 0 aliphatic heterocycles. The molecule has 13 heavy (non-hydrogen) atoms. The molecule has 0 aliphatic carbocycles. The molecule has 0 heterocycles. The number of thioether (sulfide) groups is 1. The summed E-state index contributed by atoms with van der Waals surface area (Å²) in [6, 6.07) is 6.80. The van der Waals surface area contributed by atoms with Crippen molar-refractivity contribution >= 4 is 17.7 Å². The molecule has 70 valence electrons. The number of aliphatic hydroxyl groups is 1. The molecular weight excluding hydrogens is 188 g/mol. The van der Waals surface area contributed by atoms with Gasteiger partial charge in [-0.3, -0.25) is 0 Å². The van der Waals surface area contributed by atoms with Crippen molar-refractivity contribution in [2.45, 2.75) is 11.0 Å². The second kappa shape index (κ2) is 4.30. The van der Waals surface area contributed by atoms with Gasteiger partial charge in [-0.05, 0) is 24.0 Å². The second-order valence-corrected chi connectivity index (χ2v) is 3.39. The van der Waals surface area contributed by atoms with Crippen molar-refractivity contribution in [2.75, 3.05) is 6.26 Å². The van der Waals surface area contributed by atoms with Crippen LogP contribution in [0.4, 0.5) is 0 Å². The average Bonchev–Trinajstić information content (AvgIpc) is 2.17. The fourth-order valence-corrected chi connectivity index (χ4v) is 1.34. The SMILES string of the molecule is CSc1ccc([C@H](O)C(=O)O)cc1. The summed E-state index contributed by atoms with van der Waals surface area (Å²) in [5.41, 5.74) is 0.408. The van der Waals surface area contributed by atoms with Crippen molar-refractivity contribution in [3.63, 3.8) is 0 Å². The highest BCUT2D eigenvalue weighted by molar-refractivity contribution is 7.98. The van der Waals surface area contributed by atoms with Crippen LogP contribution >= 0.6 is 11.8 Å². The monoisotopic (exact) mass is 198 g/mol. The molecule has 3 nitrogen and oxygen atoms in total. The fourth-order valence-electron chi connectivity index (χ4n) is 0.929. The van der Waals surface area contributed by atoms with Gasteiger partial charge in [0.05, 0.1) is 0 Å². The first-order chi connectivity index (χ1) is 6.15. The van der Waals surface area contributed by atoms with Gasteiger partial charge in [-0.1, -0.05) is 12.1 Å². The van der Waals surface area contributed by atoms with E-state index in [1.54, 1.807) is 36.0 Å². The molecule has 1 rings (SSSR count). The van der Waals surface area contributed by atoms with E-state index in [4.69, 9.17) is 10.2 Å². The molecule has 2 N–H and O–H groups in total. The van der Waals surface area contributed by atoms with E-state index in [2.05, 4.69) is 0 Å². The van der Waals surface area contributed by atoms with Gasteiger partial charge < -0.3 is 10.2 Å². The smallest absolute Gasteiger partial charge is 0.337 e. The zero-order valence-corrected chi connectivity index (χ0v) is 7.91. The number of aliphatic carboxylic acids is 1. The molecule has 0 bridgehead atoms. The van der Waals surface area contributed by atoms with E-state index in [-0.39, 0.29) is 0 Å². The van der Waals surface area contributed by atoms with Crippen molar-refractivity contribution in [1.29, 1.82) is 0 Å². The van der Waals surface area contributed by atoms with E-state index in [1.807, 2.05) is 6.26 Å². The maximum Gasteiger partial charge on any atom is 0.337 e. The van der Waals surface area contributed by atoms with Crippen molar-refractivity contribution in [3.8, 4) is 0 Å². The summed E-state index contributed by atoms with van der Waals surface area (Å²) in [7, 11) is 0. The van der Waals surface area contributed by atoms with Gasteiger partial charge in [0.15, 0.2) is 6.10 Å². The number of benzene rings is 1. The molecule has 0 spiro atoms. The molecular formula is C9H10O3S. The Balaban J connectivity index is 2.85. The number of hydrogen-bond donors (Lipinski definition) is 2. The molecule has 0 fully saturated rings. The third kappa shape index (κ3) is 2.47. The zero-order chi connectivity index (χ0) is 9.84. The largest absolute Gasteiger partial charge is 0.479 e. The summed E-state index contributed by atoms with van der Waals surface area (Å²) in [5, 5.41) is 17.7. The Morgan fingerprint density at radius 3 is 2.31 bits per heavy atom. The predicted molar refractivity (Wildman–Crippen MR) is 50.8 cm³/mol. The van der Waals surface area contributed by atoms with Crippen LogP contribution in [0, 0.1) is 0 Å². The average molecular weight is 198 g/mol. The van der Waals surface area contributed by atoms with Crippen LogP contribution in [0.2, 0.25) is 0 Å². The molecule has 0 radical (unpaired) electrons. The van der Waals surface area contributed by atoms with Gasteiger partial charge in [-0.2, -0.15) is 0 Å². The molecule has 0 saturated carbocycles. The summed E-state index contributed by atoms with van der Waals surface area (Å²) >= 11 is 1.57. The third-order valence-corrected chi connectivity index (χ3v) is 2.41. The van der Waals surface area contributed by atoms with Gasteiger partial charge in [0.25, 0.3) is 0 Å². The zero-order valence-electron chi connectivity index (χ0n) is 7.10. The lowest BCUT2D eigenvalue weighted by Crippen LogP contribution is -2.09. The topological polar surface area (TPSA) is 57.5 Å². The minimum absolute atomic E-state index is 0.408. The molecule has 1 atom stereocenters. The predicted octanol–water partition coefficient (Wildman–Crippen LogP) is 1.53. The van der Waals surface area contributed by atoms with Gasteiger partial charge in [-0.25, -0.2) is 4.79 Å². The molecule has 0 saturated heterocycles. The van der Waals surface area contributed by atoms with E-state index in [9.17, 15) is 4.79 Å². The Kier molecular flexibility index (Phi) is 3.33. The van der Waals surface area contributed by atoms with Crippen molar-refractivity contribution in [3.05, 3.63) is 29.8 Å². The van der Waals surface area contributed by atoms with Crippen molar-refractivity contribution in [2.24, 2.45) is 0 Å². The Bertz CT molecular complexity index is 294. The van der Waals surface area contributed by atoms with E-state index in [0.29, 0.717) is 5.56 Å². The highest BCUT2D eigenvalue weighted by Crippen LogP contribution is 2.18. The normalized spacial score (nSPS) is 12.5. The first-order valence-corrected chi connectivity index (χ1v) is 4.92. The molecule has 0 aromatic heterocycles. The van der Waals surface area contributed by atoms with Crippen LogP contribution in [0.25, 0.3) is 0 Å². The van der Waals surface area contributed by atoms with Gasteiger partial charge in [0.1, 0.15) is 0 Å². The Morgan fingerprint density at radius 2 is 1.92 bits per heavy atom. The van der Waals surface area contributed by atoms with Crippen molar-refractivity contribution in [1.82, 2.24) is 0 Å². The minimum Gasteiger partial charge on any atom is -0.479 e. The molecule has 1 aromatic rings. The van der Waals surface area contributed by atoms with E-state index < -0.39 is 12.1 Å². The molecule has 1 aromatic carbocycles. The first-order valence-electron chi connectivity index (χ1n) is 3.70. The van der Waals surface area contributed by atoms with E-state index in [1.165, 1.54) is 0 Å². The van der Waals surface area contributed by atoms with Gasteiger partial charge in [-0.15, -0.1) is 11.8 Å². The minimum atomic E-state index is -1.42. The Morgan fingerprint density at radius 1 is 1.38 bits per heavy atom. The second-order valence-electron chi connectivity index (χ2n) is 2.51.